The molecule has 18 heavy (non-hydrogen) atoms. The summed E-state index contributed by atoms with van der Waals surface area (Å²) in [7, 11) is 1.55. The highest BCUT2D eigenvalue weighted by Crippen LogP contribution is 2.18. The summed E-state index contributed by atoms with van der Waals surface area (Å²) in [4.78, 5) is 2.30. The highest BCUT2D eigenvalue weighted by Gasteiger charge is 2.18. The summed E-state index contributed by atoms with van der Waals surface area (Å²) < 4.78 is 18.9. The van der Waals surface area contributed by atoms with Crippen LogP contribution in [0.4, 0.5) is 4.39 Å². The molecule has 1 atom stereocenters. The standard InChI is InChI=1S/C14H21FN2O/c1-3-12-10-17(7-6-16-12)9-11-4-5-13(18-2)8-14(11)15/h4-5,8,12,16H,3,6-7,9-10H2,1-2H3. The van der Waals surface area contributed by atoms with E-state index in [0.29, 0.717) is 18.3 Å². The number of halogens is 1. The van der Waals surface area contributed by atoms with Gasteiger partial charge >= 0.3 is 0 Å². The van der Waals surface area contributed by atoms with Gasteiger partial charge in [-0.05, 0) is 12.5 Å². The lowest BCUT2D eigenvalue weighted by atomic mass is 10.1. The van der Waals surface area contributed by atoms with E-state index in [1.807, 2.05) is 12.1 Å². The summed E-state index contributed by atoms with van der Waals surface area (Å²) in [6.07, 6.45) is 1.11. The molecular weight excluding hydrogens is 231 g/mol. The zero-order valence-corrected chi connectivity index (χ0v) is 11.1. The van der Waals surface area contributed by atoms with Crippen LogP contribution in [0.25, 0.3) is 0 Å². The van der Waals surface area contributed by atoms with Crippen molar-refractivity contribution in [1.82, 2.24) is 10.2 Å². The van der Waals surface area contributed by atoms with Gasteiger partial charge in [-0.3, -0.25) is 4.90 Å². The Balaban J connectivity index is 2.00. The first-order valence-electron chi connectivity index (χ1n) is 6.51. The van der Waals surface area contributed by atoms with Crippen molar-refractivity contribution >= 4 is 0 Å². The summed E-state index contributed by atoms with van der Waals surface area (Å²) in [5, 5.41) is 3.46. The van der Waals surface area contributed by atoms with Gasteiger partial charge in [-0.15, -0.1) is 0 Å². The molecular formula is C14H21FN2O. The first-order valence-corrected chi connectivity index (χ1v) is 6.51. The SMILES string of the molecule is CCC1CN(Cc2ccc(OC)cc2F)CCN1. The van der Waals surface area contributed by atoms with Crippen LogP contribution in [0.3, 0.4) is 0 Å². The molecule has 0 amide bonds. The van der Waals surface area contributed by atoms with Crippen LogP contribution < -0.4 is 10.1 Å². The van der Waals surface area contributed by atoms with Crippen molar-refractivity contribution in [2.75, 3.05) is 26.7 Å². The Morgan fingerprint density at radius 1 is 1.50 bits per heavy atom. The average Bonchev–Trinajstić information content (AvgIpc) is 2.41. The van der Waals surface area contributed by atoms with Crippen molar-refractivity contribution in [3.05, 3.63) is 29.6 Å². The van der Waals surface area contributed by atoms with Crippen molar-refractivity contribution < 1.29 is 9.13 Å². The minimum atomic E-state index is -0.180. The van der Waals surface area contributed by atoms with Crippen LogP contribution in [0.1, 0.15) is 18.9 Å². The first-order chi connectivity index (χ1) is 8.72. The Morgan fingerprint density at radius 3 is 3.00 bits per heavy atom. The van der Waals surface area contributed by atoms with Crippen molar-refractivity contribution in [2.45, 2.75) is 25.9 Å². The van der Waals surface area contributed by atoms with Gasteiger partial charge in [0.05, 0.1) is 7.11 Å². The number of rotatable bonds is 4. The summed E-state index contributed by atoms with van der Waals surface area (Å²) in [5.74, 6) is 0.393. The maximum absolute atomic E-state index is 13.8. The molecule has 0 saturated carbocycles. The van der Waals surface area contributed by atoms with Crippen LogP contribution in [0.15, 0.2) is 18.2 Å². The Hall–Kier alpha value is -1.13. The minimum Gasteiger partial charge on any atom is -0.497 e. The van der Waals surface area contributed by atoms with Gasteiger partial charge in [-0.2, -0.15) is 0 Å². The third kappa shape index (κ3) is 3.21. The Bertz CT molecular complexity index is 397. The first kappa shape index (κ1) is 13.3. The monoisotopic (exact) mass is 252 g/mol. The fourth-order valence-corrected chi connectivity index (χ4v) is 2.34. The highest BCUT2D eigenvalue weighted by atomic mass is 19.1. The molecule has 0 radical (unpaired) electrons. The van der Waals surface area contributed by atoms with E-state index in [2.05, 4.69) is 17.1 Å². The van der Waals surface area contributed by atoms with E-state index in [4.69, 9.17) is 4.74 Å². The van der Waals surface area contributed by atoms with E-state index in [1.165, 1.54) is 6.07 Å². The van der Waals surface area contributed by atoms with Gasteiger partial charge < -0.3 is 10.1 Å². The van der Waals surface area contributed by atoms with E-state index >= 15 is 0 Å². The van der Waals surface area contributed by atoms with Gasteiger partial charge in [0.1, 0.15) is 11.6 Å². The van der Waals surface area contributed by atoms with Crippen molar-refractivity contribution in [2.24, 2.45) is 0 Å². The molecule has 1 saturated heterocycles. The Morgan fingerprint density at radius 2 is 2.33 bits per heavy atom. The topological polar surface area (TPSA) is 24.5 Å². The molecule has 1 N–H and O–H groups in total. The molecule has 1 heterocycles. The second-order valence-electron chi connectivity index (χ2n) is 4.75. The van der Waals surface area contributed by atoms with Gasteiger partial charge in [0.25, 0.3) is 0 Å². The predicted molar refractivity (Wildman–Crippen MR) is 70.3 cm³/mol. The van der Waals surface area contributed by atoms with E-state index in [1.54, 1.807) is 7.11 Å². The molecule has 2 rings (SSSR count). The summed E-state index contributed by atoms with van der Waals surface area (Å²) >= 11 is 0. The van der Waals surface area contributed by atoms with E-state index < -0.39 is 0 Å². The number of hydrogen-bond acceptors (Lipinski definition) is 3. The molecule has 1 aliphatic rings. The lowest BCUT2D eigenvalue weighted by molar-refractivity contribution is 0.188. The van der Waals surface area contributed by atoms with Crippen LogP contribution >= 0.6 is 0 Å². The second kappa shape index (κ2) is 6.16. The fourth-order valence-electron chi connectivity index (χ4n) is 2.34. The van der Waals surface area contributed by atoms with Crippen LogP contribution in [0, 0.1) is 5.82 Å². The summed E-state index contributed by atoms with van der Waals surface area (Å²) in [6, 6.07) is 5.62. The minimum absolute atomic E-state index is 0.180. The molecule has 1 aliphatic heterocycles. The molecule has 0 aromatic heterocycles. The second-order valence-corrected chi connectivity index (χ2v) is 4.75. The summed E-state index contributed by atoms with van der Waals surface area (Å²) in [6.45, 7) is 5.79. The van der Waals surface area contributed by atoms with Gasteiger partial charge in [0, 0.05) is 43.9 Å². The molecule has 1 aromatic rings. The van der Waals surface area contributed by atoms with Crippen LogP contribution in [-0.2, 0) is 6.54 Å². The summed E-state index contributed by atoms with van der Waals surface area (Å²) in [5.41, 5.74) is 0.743. The maximum atomic E-state index is 13.8. The molecule has 0 spiro atoms. The fraction of sp³-hybridized carbons (Fsp3) is 0.571. The van der Waals surface area contributed by atoms with Gasteiger partial charge in [-0.1, -0.05) is 13.0 Å². The predicted octanol–water partition coefficient (Wildman–Crippen LogP) is 2.02. The molecule has 1 fully saturated rings. The Labute approximate surface area is 108 Å². The van der Waals surface area contributed by atoms with E-state index in [9.17, 15) is 4.39 Å². The largest absolute Gasteiger partial charge is 0.497 e. The zero-order valence-electron chi connectivity index (χ0n) is 11.1. The molecule has 0 bridgehead atoms. The highest BCUT2D eigenvalue weighted by molar-refractivity contribution is 5.28. The Kier molecular flexibility index (Phi) is 4.55. The van der Waals surface area contributed by atoms with E-state index in [0.717, 1.165) is 31.6 Å². The van der Waals surface area contributed by atoms with E-state index in [-0.39, 0.29) is 5.82 Å². The number of piperazine rings is 1. The lowest BCUT2D eigenvalue weighted by Gasteiger charge is -2.33. The maximum Gasteiger partial charge on any atom is 0.131 e. The molecule has 4 heteroatoms. The zero-order chi connectivity index (χ0) is 13.0. The number of hydrogen-bond donors (Lipinski definition) is 1. The molecule has 1 aromatic carbocycles. The number of methoxy groups -OCH3 is 1. The van der Waals surface area contributed by atoms with Gasteiger partial charge in [0.2, 0.25) is 0 Å². The molecule has 100 valence electrons. The van der Waals surface area contributed by atoms with Crippen LogP contribution in [0.2, 0.25) is 0 Å². The number of nitrogens with one attached hydrogen (secondary N) is 1. The smallest absolute Gasteiger partial charge is 0.131 e. The number of nitrogens with zero attached hydrogens (tertiary/aromatic N) is 1. The lowest BCUT2D eigenvalue weighted by Crippen LogP contribution is -2.49. The quantitative estimate of drug-likeness (QED) is 0.887. The van der Waals surface area contributed by atoms with Gasteiger partial charge in [-0.25, -0.2) is 4.39 Å². The van der Waals surface area contributed by atoms with Crippen LogP contribution in [0.5, 0.6) is 5.75 Å². The molecule has 3 nitrogen and oxygen atoms in total. The van der Waals surface area contributed by atoms with Crippen molar-refractivity contribution in [3.63, 3.8) is 0 Å². The normalized spacial score (nSPS) is 20.9. The van der Waals surface area contributed by atoms with Gasteiger partial charge in [0.15, 0.2) is 0 Å². The number of benzene rings is 1. The number of ether oxygens (including phenoxy) is 1. The third-order valence-electron chi connectivity index (χ3n) is 3.49. The van der Waals surface area contributed by atoms with Crippen LogP contribution in [-0.4, -0.2) is 37.7 Å². The molecule has 0 aliphatic carbocycles. The van der Waals surface area contributed by atoms with Crippen molar-refractivity contribution in [3.8, 4) is 5.75 Å². The molecule has 1 unspecified atom stereocenters. The van der Waals surface area contributed by atoms with Crippen molar-refractivity contribution in [1.29, 1.82) is 0 Å². The average molecular weight is 252 g/mol. The third-order valence-corrected chi connectivity index (χ3v) is 3.49.